The van der Waals surface area contributed by atoms with Crippen molar-refractivity contribution in [1.29, 1.82) is 0 Å². The molecule has 8 nitrogen and oxygen atoms in total. The van der Waals surface area contributed by atoms with E-state index < -0.39 is 61.2 Å². The topological polar surface area (TPSA) is 129 Å². The second kappa shape index (κ2) is 8.37. The summed E-state index contributed by atoms with van der Waals surface area (Å²) >= 11 is 0. The quantitative estimate of drug-likeness (QED) is 0.423. The minimum Gasteiger partial charge on any atom is -0.388 e. The van der Waals surface area contributed by atoms with Crippen LogP contribution in [0.2, 0.25) is 0 Å². The molecule has 0 amide bonds. The first kappa shape index (κ1) is 20.0. The van der Waals surface area contributed by atoms with Gasteiger partial charge in [-0.3, -0.25) is 0 Å². The first-order valence-corrected chi connectivity index (χ1v) is 8.72. The monoisotopic (exact) mass is 350 g/mol. The van der Waals surface area contributed by atoms with Crippen LogP contribution in [-0.4, -0.2) is 86.8 Å². The fraction of sp³-hybridized carbons (Fsp3) is 1.00. The van der Waals surface area contributed by atoms with Crippen molar-refractivity contribution in [3.8, 4) is 0 Å². The van der Waals surface area contributed by atoms with Crippen molar-refractivity contribution in [2.24, 2.45) is 0 Å². The third kappa shape index (κ3) is 3.76. The molecule has 0 aromatic heterocycles. The van der Waals surface area contributed by atoms with Gasteiger partial charge >= 0.3 is 0 Å². The van der Waals surface area contributed by atoms with Crippen molar-refractivity contribution < 1.29 is 39.7 Å². The Kier molecular flexibility index (Phi) is 6.98. The predicted octanol–water partition coefficient (Wildman–Crippen LogP) is -1.10. The fourth-order valence-corrected chi connectivity index (χ4v) is 3.37. The molecular formula is C16H30O8. The highest BCUT2D eigenvalue weighted by molar-refractivity contribution is 4.95. The van der Waals surface area contributed by atoms with E-state index in [4.69, 9.17) is 14.2 Å². The molecule has 8 heteroatoms. The molecule has 10 atom stereocenters. The van der Waals surface area contributed by atoms with Gasteiger partial charge in [-0.25, -0.2) is 0 Å². The number of rotatable bonds is 5. The highest BCUT2D eigenvalue weighted by Gasteiger charge is 2.49. The minimum atomic E-state index is -1.48. The molecule has 5 N–H and O–H groups in total. The molecule has 4 unspecified atom stereocenters. The predicted molar refractivity (Wildman–Crippen MR) is 83.1 cm³/mol. The smallest absolute Gasteiger partial charge is 0.187 e. The van der Waals surface area contributed by atoms with Crippen LogP contribution in [0.4, 0.5) is 0 Å². The molecule has 2 saturated heterocycles. The summed E-state index contributed by atoms with van der Waals surface area (Å²) < 4.78 is 16.8. The summed E-state index contributed by atoms with van der Waals surface area (Å²) in [6.45, 7) is 5.48. The lowest BCUT2D eigenvalue weighted by Gasteiger charge is -2.46. The third-order valence-electron chi connectivity index (χ3n) is 4.95. The Morgan fingerprint density at radius 3 is 1.54 bits per heavy atom. The fourth-order valence-electron chi connectivity index (χ4n) is 3.37. The average molecular weight is 350 g/mol. The summed E-state index contributed by atoms with van der Waals surface area (Å²) in [5.74, 6) is 0. The van der Waals surface area contributed by atoms with E-state index in [1.807, 2.05) is 13.8 Å². The Morgan fingerprint density at radius 2 is 1.08 bits per heavy atom. The lowest BCUT2D eigenvalue weighted by atomic mass is 9.92. The number of hydrogen-bond donors (Lipinski definition) is 5. The van der Waals surface area contributed by atoms with E-state index in [1.54, 1.807) is 6.92 Å². The maximum absolute atomic E-state index is 10.4. The standard InChI is InChI=1S/C16H30O8/c1-4-7-10(17)13(20)14(21)16(23-7)24-15-11(18)8(5-2)22-9(6-3)12(15)19/h7-21H,4-6H2,1-3H3/t7?,8-,9-,10+,11-,12?,13?,14-,15?,16+/m1/s1. The summed E-state index contributed by atoms with van der Waals surface area (Å²) in [5, 5.41) is 50.8. The number of aliphatic hydroxyl groups excluding tert-OH is 5. The van der Waals surface area contributed by atoms with Gasteiger partial charge in [-0.2, -0.15) is 0 Å². The number of ether oxygens (including phenoxy) is 3. The van der Waals surface area contributed by atoms with Crippen molar-refractivity contribution in [2.45, 2.75) is 101 Å². The highest BCUT2D eigenvalue weighted by atomic mass is 16.7. The number of hydrogen-bond acceptors (Lipinski definition) is 8. The van der Waals surface area contributed by atoms with Crippen molar-refractivity contribution in [3.63, 3.8) is 0 Å². The van der Waals surface area contributed by atoms with Gasteiger partial charge in [0.2, 0.25) is 0 Å². The molecule has 142 valence electrons. The van der Waals surface area contributed by atoms with Gasteiger partial charge in [-0.1, -0.05) is 20.8 Å². The van der Waals surface area contributed by atoms with Gasteiger partial charge in [0.1, 0.15) is 36.6 Å². The largest absolute Gasteiger partial charge is 0.388 e. The van der Waals surface area contributed by atoms with E-state index in [0.29, 0.717) is 19.3 Å². The summed E-state index contributed by atoms with van der Waals surface area (Å²) in [4.78, 5) is 0. The zero-order chi connectivity index (χ0) is 18.0. The van der Waals surface area contributed by atoms with Crippen LogP contribution in [0, 0.1) is 0 Å². The molecule has 0 aromatic rings. The Morgan fingerprint density at radius 1 is 0.625 bits per heavy atom. The van der Waals surface area contributed by atoms with Crippen LogP contribution in [0.15, 0.2) is 0 Å². The van der Waals surface area contributed by atoms with Crippen LogP contribution >= 0.6 is 0 Å². The van der Waals surface area contributed by atoms with E-state index in [2.05, 4.69) is 0 Å². The zero-order valence-corrected chi connectivity index (χ0v) is 14.4. The van der Waals surface area contributed by atoms with Crippen molar-refractivity contribution in [1.82, 2.24) is 0 Å². The SMILES string of the molecule is CCC1O[C@@H](OC2C(O)[C@@H](CC)O[C@H](CC)[C@H]2O)[C@H](O)C(O)[C@H]1O. The van der Waals surface area contributed by atoms with Gasteiger partial charge in [0.25, 0.3) is 0 Å². The zero-order valence-electron chi connectivity index (χ0n) is 14.4. The van der Waals surface area contributed by atoms with Crippen LogP contribution in [0.25, 0.3) is 0 Å². The first-order chi connectivity index (χ1) is 11.3. The van der Waals surface area contributed by atoms with E-state index in [1.165, 1.54) is 0 Å². The van der Waals surface area contributed by atoms with Crippen LogP contribution in [0.5, 0.6) is 0 Å². The van der Waals surface area contributed by atoms with Crippen molar-refractivity contribution >= 4 is 0 Å². The molecule has 2 rings (SSSR count). The summed E-state index contributed by atoms with van der Waals surface area (Å²) in [6, 6.07) is 0. The first-order valence-electron chi connectivity index (χ1n) is 8.72. The summed E-state index contributed by atoms with van der Waals surface area (Å²) in [7, 11) is 0. The number of aliphatic hydroxyl groups is 5. The molecule has 0 spiro atoms. The minimum absolute atomic E-state index is 0.416. The Hall–Kier alpha value is -0.320. The normalized spacial score (nSPS) is 50.0. The van der Waals surface area contributed by atoms with E-state index >= 15 is 0 Å². The van der Waals surface area contributed by atoms with E-state index in [-0.39, 0.29) is 0 Å². The van der Waals surface area contributed by atoms with Crippen LogP contribution < -0.4 is 0 Å². The molecule has 2 heterocycles. The molecule has 2 fully saturated rings. The Balaban J connectivity index is 2.14. The van der Waals surface area contributed by atoms with Gasteiger partial charge in [0.05, 0.1) is 18.3 Å². The van der Waals surface area contributed by atoms with Gasteiger partial charge in [-0.05, 0) is 19.3 Å². The average Bonchev–Trinajstić information content (AvgIpc) is 2.58. The molecule has 2 aliphatic heterocycles. The maximum Gasteiger partial charge on any atom is 0.187 e. The van der Waals surface area contributed by atoms with E-state index in [9.17, 15) is 25.5 Å². The van der Waals surface area contributed by atoms with Gasteiger partial charge in [-0.15, -0.1) is 0 Å². The van der Waals surface area contributed by atoms with Crippen LogP contribution in [-0.2, 0) is 14.2 Å². The Bertz CT molecular complexity index is 376. The lowest BCUT2D eigenvalue weighted by Crippen LogP contribution is -2.63. The van der Waals surface area contributed by atoms with Crippen LogP contribution in [0.1, 0.15) is 40.0 Å². The maximum atomic E-state index is 10.4. The Labute approximate surface area is 142 Å². The second-order valence-corrected chi connectivity index (χ2v) is 6.53. The molecule has 0 bridgehead atoms. The van der Waals surface area contributed by atoms with Gasteiger partial charge in [0, 0.05) is 0 Å². The molecule has 24 heavy (non-hydrogen) atoms. The molecule has 0 aromatic carbocycles. The van der Waals surface area contributed by atoms with Crippen molar-refractivity contribution in [2.75, 3.05) is 0 Å². The molecule has 0 aliphatic carbocycles. The van der Waals surface area contributed by atoms with Crippen molar-refractivity contribution in [3.05, 3.63) is 0 Å². The highest BCUT2D eigenvalue weighted by Crippen LogP contribution is 2.31. The molecule has 0 radical (unpaired) electrons. The summed E-state index contributed by atoms with van der Waals surface area (Å²) in [6.07, 6.45) is -8.79. The molecule has 2 aliphatic rings. The molecule has 0 saturated carbocycles. The second-order valence-electron chi connectivity index (χ2n) is 6.53. The third-order valence-corrected chi connectivity index (χ3v) is 4.95. The summed E-state index contributed by atoms with van der Waals surface area (Å²) in [5.41, 5.74) is 0. The van der Waals surface area contributed by atoms with E-state index in [0.717, 1.165) is 0 Å². The lowest BCUT2D eigenvalue weighted by molar-refractivity contribution is -0.338. The van der Waals surface area contributed by atoms with Gasteiger partial charge in [0.15, 0.2) is 6.29 Å². The molecular weight excluding hydrogens is 320 g/mol. The van der Waals surface area contributed by atoms with Crippen LogP contribution in [0.3, 0.4) is 0 Å². The van der Waals surface area contributed by atoms with Gasteiger partial charge < -0.3 is 39.7 Å².